The maximum atomic E-state index is 12.4. The van der Waals surface area contributed by atoms with E-state index in [0.29, 0.717) is 0 Å². The second kappa shape index (κ2) is 5.67. The average Bonchev–Trinajstić information content (AvgIpc) is 3.11. The number of nitrogens with one attached hydrogen (secondary N) is 1. The molecule has 0 bridgehead atoms. The third kappa shape index (κ3) is 2.70. The van der Waals surface area contributed by atoms with Crippen molar-refractivity contribution in [2.24, 2.45) is 0 Å². The van der Waals surface area contributed by atoms with Crippen molar-refractivity contribution >= 4 is 23.1 Å². The summed E-state index contributed by atoms with van der Waals surface area (Å²) in [5, 5.41) is 7.21. The van der Waals surface area contributed by atoms with Crippen LogP contribution in [0.2, 0.25) is 0 Å². The Morgan fingerprint density at radius 1 is 1.30 bits per heavy atom. The third-order valence-corrected chi connectivity index (χ3v) is 4.45. The normalized spacial score (nSPS) is 18.2. The molecule has 0 aliphatic carbocycles. The largest absolute Gasteiger partial charge is 0.322 e. The second-order valence-corrected chi connectivity index (χ2v) is 5.98. The van der Waals surface area contributed by atoms with Crippen LogP contribution in [0.25, 0.3) is 0 Å². The van der Waals surface area contributed by atoms with Crippen molar-refractivity contribution in [2.75, 3.05) is 11.9 Å². The lowest BCUT2D eigenvalue weighted by Crippen LogP contribution is -2.34. The summed E-state index contributed by atoms with van der Waals surface area (Å²) < 4.78 is 0. The van der Waals surface area contributed by atoms with Crippen molar-refractivity contribution in [3.05, 3.63) is 52.2 Å². The molecule has 3 nitrogen and oxygen atoms in total. The first kappa shape index (κ1) is 13.2. The molecule has 0 saturated carbocycles. The number of hydrogen-bond donors (Lipinski definition) is 1. The van der Waals surface area contributed by atoms with Gasteiger partial charge in [0, 0.05) is 12.2 Å². The van der Waals surface area contributed by atoms with E-state index in [4.69, 9.17) is 0 Å². The lowest BCUT2D eigenvalue weighted by molar-refractivity contribution is 0.207. The number of anilines is 1. The highest BCUT2D eigenvalue weighted by molar-refractivity contribution is 7.07. The number of nitrogens with zero attached hydrogens (tertiary/aromatic N) is 1. The maximum absolute atomic E-state index is 12.4. The topological polar surface area (TPSA) is 32.3 Å². The Balaban J connectivity index is 1.71. The molecule has 0 radical (unpaired) electrons. The molecule has 1 N–H and O–H groups in total. The fourth-order valence-corrected chi connectivity index (χ4v) is 3.36. The van der Waals surface area contributed by atoms with Crippen molar-refractivity contribution in [2.45, 2.75) is 25.8 Å². The molecule has 3 rings (SSSR count). The highest BCUT2D eigenvalue weighted by Gasteiger charge is 2.30. The van der Waals surface area contributed by atoms with E-state index in [-0.39, 0.29) is 12.1 Å². The summed E-state index contributed by atoms with van der Waals surface area (Å²) >= 11 is 1.69. The van der Waals surface area contributed by atoms with Crippen molar-refractivity contribution in [1.29, 1.82) is 0 Å². The second-order valence-electron chi connectivity index (χ2n) is 5.20. The van der Waals surface area contributed by atoms with E-state index in [1.165, 1.54) is 11.1 Å². The van der Waals surface area contributed by atoms with Gasteiger partial charge in [-0.25, -0.2) is 4.79 Å². The standard InChI is InChI=1S/C16H18N2OS/c1-12-4-6-14(7-5-12)17-16(19)18-9-2-3-15(18)13-8-10-20-11-13/h4-8,10-11,15H,2-3,9H2,1H3,(H,17,19)/t15-/m0/s1. The highest BCUT2D eigenvalue weighted by atomic mass is 32.1. The molecular formula is C16H18N2OS. The molecule has 4 heteroatoms. The zero-order chi connectivity index (χ0) is 13.9. The van der Waals surface area contributed by atoms with Crippen LogP contribution in [-0.4, -0.2) is 17.5 Å². The molecule has 104 valence electrons. The van der Waals surface area contributed by atoms with Gasteiger partial charge in [-0.05, 0) is 54.3 Å². The van der Waals surface area contributed by atoms with Crippen LogP contribution in [0.4, 0.5) is 10.5 Å². The molecule has 1 atom stereocenters. The molecule has 1 aromatic heterocycles. The molecule has 1 aliphatic heterocycles. The van der Waals surface area contributed by atoms with E-state index in [9.17, 15) is 4.79 Å². The summed E-state index contributed by atoms with van der Waals surface area (Å²) in [6.07, 6.45) is 2.12. The molecule has 1 fully saturated rings. The van der Waals surface area contributed by atoms with Gasteiger partial charge >= 0.3 is 6.03 Å². The number of carbonyl (C=O) groups is 1. The minimum atomic E-state index is 0.00236. The summed E-state index contributed by atoms with van der Waals surface area (Å²) in [4.78, 5) is 14.4. The summed E-state index contributed by atoms with van der Waals surface area (Å²) in [7, 11) is 0. The van der Waals surface area contributed by atoms with Crippen LogP contribution in [0, 0.1) is 6.92 Å². The van der Waals surface area contributed by atoms with Crippen molar-refractivity contribution in [1.82, 2.24) is 4.90 Å². The van der Waals surface area contributed by atoms with E-state index in [1.807, 2.05) is 36.1 Å². The van der Waals surface area contributed by atoms with E-state index < -0.39 is 0 Å². The van der Waals surface area contributed by atoms with Crippen molar-refractivity contribution < 1.29 is 4.79 Å². The van der Waals surface area contributed by atoms with E-state index >= 15 is 0 Å². The van der Waals surface area contributed by atoms with Crippen LogP contribution in [0.15, 0.2) is 41.1 Å². The molecular weight excluding hydrogens is 268 g/mol. The van der Waals surface area contributed by atoms with Gasteiger partial charge in [-0.1, -0.05) is 17.7 Å². The van der Waals surface area contributed by atoms with Crippen LogP contribution in [0.3, 0.4) is 0 Å². The first-order valence-corrected chi connectivity index (χ1v) is 7.85. The van der Waals surface area contributed by atoms with Gasteiger partial charge in [0.15, 0.2) is 0 Å². The van der Waals surface area contributed by atoms with Gasteiger partial charge < -0.3 is 10.2 Å². The zero-order valence-electron chi connectivity index (χ0n) is 11.5. The maximum Gasteiger partial charge on any atom is 0.322 e. The Labute approximate surface area is 123 Å². The number of carbonyl (C=O) groups excluding carboxylic acids is 1. The first-order valence-electron chi connectivity index (χ1n) is 6.90. The Kier molecular flexibility index (Phi) is 3.74. The molecule has 2 amide bonds. The minimum Gasteiger partial charge on any atom is -0.317 e. The van der Waals surface area contributed by atoms with Gasteiger partial charge in [-0.2, -0.15) is 11.3 Å². The molecule has 1 aliphatic rings. The van der Waals surface area contributed by atoms with Crippen LogP contribution in [0.1, 0.15) is 30.0 Å². The Hall–Kier alpha value is -1.81. The number of urea groups is 1. The minimum absolute atomic E-state index is 0.00236. The van der Waals surface area contributed by atoms with Crippen molar-refractivity contribution in [3.63, 3.8) is 0 Å². The molecule has 20 heavy (non-hydrogen) atoms. The summed E-state index contributed by atoms with van der Waals surface area (Å²) in [5.41, 5.74) is 3.31. The van der Waals surface area contributed by atoms with Gasteiger partial charge in [-0.15, -0.1) is 0 Å². The average molecular weight is 286 g/mol. The highest BCUT2D eigenvalue weighted by Crippen LogP contribution is 2.33. The van der Waals surface area contributed by atoms with Crippen molar-refractivity contribution in [3.8, 4) is 0 Å². The Bertz CT molecular complexity index is 577. The van der Waals surface area contributed by atoms with Gasteiger partial charge in [0.1, 0.15) is 0 Å². The Morgan fingerprint density at radius 3 is 2.80 bits per heavy atom. The molecule has 1 saturated heterocycles. The zero-order valence-corrected chi connectivity index (χ0v) is 12.3. The number of amides is 2. The van der Waals surface area contributed by atoms with Crippen LogP contribution in [-0.2, 0) is 0 Å². The first-order chi connectivity index (χ1) is 9.74. The number of aryl methyl sites for hydroxylation is 1. The van der Waals surface area contributed by atoms with Crippen LogP contribution < -0.4 is 5.32 Å². The van der Waals surface area contributed by atoms with Gasteiger partial charge in [0.2, 0.25) is 0 Å². The van der Waals surface area contributed by atoms with E-state index in [2.05, 4.69) is 22.1 Å². The summed E-state index contributed by atoms with van der Waals surface area (Å²) in [6, 6.07) is 10.3. The lowest BCUT2D eigenvalue weighted by atomic mass is 10.1. The summed E-state index contributed by atoms with van der Waals surface area (Å²) in [5.74, 6) is 0. The predicted molar refractivity (Wildman–Crippen MR) is 83.2 cm³/mol. The number of benzene rings is 1. The summed E-state index contributed by atoms with van der Waals surface area (Å²) in [6.45, 7) is 2.87. The molecule has 0 unspecified atom stereocenters. The lowest BCUT2D eigenvalue weighted by Gasteiger charge is -2.24. The van der Waals surface area contributed by atoms with E-state index in [0.717, 1.165) is 25.1 Å². The Morgan fingerprint density at radius 2 is 2.10 bits per heavy atom. The molecule has 0 spiro atoms. The quantitative estimate of drug-likeness (QED) is 0.870. The molecule has 2 aromatic rings. The van der Waals surface area contributed by atoms with Crippen LogP contribution in [0.5, 0.6) is 0 Å². The molecule has 1 aromatic carbocycles. The smallest absolute Gasteiger partial charge is 0.317 e. The fraction of sp³-hybridized carbons (Fsp3) is 0.312. The number of rotatable bonds is 2. The van der Waals surface area contributed by atoms with E-state index in [1.54, 1.807) is 11.3 Å². The van der Waals surface area contributed by atoms with Gasteiger partial charge in [-0.3, -0.25) is 0 Å². The SMILES string of the molecule is Cc1ccc(NC(=O)N2CCC[C@H]2c2ccsc2)cc1. The predicted octanol–water partition coefficient (Wildman–Crippen LogP) is 4.43. The third-order valence-electron chi connectivity index (χ3n) is 3.74. The number of thiophene rings is 1. The van der Waals surface area contributed by atoms with Crippen LogP contribution >= 0.6 is 11.3 Å². The monoisotopic (exact) mass is 286 g/mol. The molecule has 2 heterocycles. The number of hydrogen-bond acceptors (Lipinski definition) is 2. The van der Waals surface area contributed by atoms with Gasteiger partial charge in [0.25, 0.3) is 0 Å². The van der Waals surface area contributed by atoms with Gasteiger partial charge in [0.05, 0.1) is 6.04 Å². The fourth-order valence-electron chi connectivity index (χ4n) is 2.65. The number of likely N-dealkylation sites (tertiary alicyclic amines) is 1.